The van der Waals surface area contributed by atoms with Gasteiger partial charge in [0.2, 0.25) is 6.04 Å². The highest BCUT2D eigenvalue weighted by Gasteiger charge is 2.56. The van der Waals surface area contributed by atoms with Gasteiger partial charge in [-0.2, -0.15) is 0 Å². The van der Waals surface area contributed by atoms with Gasteiger partial charge in [-0.25, -0.2) is 4.58 Å². The van der Waals surface area contributed by atoms with Crippen molar-refractivity contribution in [1.29, 1.82) is 0 Å². The summed E-state index contributed by atoms with van der Waals surface area (Å²) in [6, 6.07) is 31.6. The Morgan fingerprint density at radius 1 is 0.636 bits per heavy atom. The van der Waals surface area contributed by atoms with Crippen LogP contribution in [0.5, 0.6) is 0 Å². The number of benzene rings is 3. The third-order valence-corrected chi connectivity index (χ3v) is 6.62. The van der Waals surface area contributed by atoms with E-state index >= 15 is 0 Å². The fraction of sp³-hybridized carbons (Fsp3) is 0.345. The zero-order valence-corrected chi connectivity index (χ0v) is 19.0. The van der Waals surface area contributed by atoms with Gasteiger partial charge >= 0.3 is 0 Å². The highest BCUT2D eigenvalue weighted by molar-refractivity contribution is 5.53. The molecule has 1 fully saturated rings. The van der Waals surface area contributed by atoms with Crippen molar-refractivity contribution in [2.75, 3.05) is 6.61 Å². The molecule has 4 nitrogen and oxygen atoms in total. The van der Waals surface area contributed by atoms with Crippen molar-refractivity contribution in [2.24, 2.45) is 0 Å². The van der Waals surface area contributed by atoms with Crippen LogP contribution in [0.25, 0.3) is 0 Å². The van der Waals surface area contributed by atoms with Crippen LogP contribution in [0.15, 0.2) is 91.0 Å². The Balaban J connectivity index is 1.31. The molecule has 2 heterocycles. The molecule has 0 spiro atoms. The van der Waals surface area contributed by atoms with E-state index in [1.807, 2.05) is 18.2 Å². The molecule has 0 radical (unpaired) electrons. The minimum absolute atomic E-state index is 0.0120. The average molecular weight is 443 g/mol. The molecule has 4 heteroatoms. The van der Waals surface area contributed by atoms with E-state index in [9.17, 15) is 0 Å². The molecule has 0 amide bonds. The van der Waals surface area contributed by atoms with Gasteiger partial charge in [0.1, 0.15) is 12.8 Å². The Kier molecular flexibility index (Phi) is 7.27. The van der Waals surface area contributed by atoms with Crippen molar-refractivity contribution in [3.8, 4) is 0 Å². The molecule has 0 N–H and O–H groups in total. The van der Waals surface area contributed by atoms with Crippen LogP contribution in [0.3, 0.4) is 0 Å². The highest BCUT2D eigenvalue weighted by Crippen LogP contribution is 2.33. The fourth-order valence-electron chi connectivity index (χ4n) is 5.00. The van der Waals surface area contributed by atoms with Crippen LogP contribution in [0, 0.1) is 0 Å². The minimum atomic E-state index is -0.0498. The van der Waals surface area contributed by atoms with Crippen LogP contribution < -0.4 is 0 Å². The van der Waals surface area contributed by atoms with Crippen molar-refractivity contribution in [1.82, 2.24) is 0 Å². The fourth-order valence-corrected chi connectivity index (χ4v) is 5.00. The lowest BCUT2D eigenvalue weighted by Crippen LogP contribution is -2.40. The van der Waals surface area contributed by atoms with E-state index in [-0.39, 0.29) is 18.2 Å². The summed E-state index contributed by atoms with van der Waals surface area (Å²) in [5.74, 6) is 0. The molecule has 4 atom stereocenters. The third-order valence-electron chi connectivity index (χ3n) is 6.62. The Bertz CT molecular complexity index is 1020. The SMILES string of the molecule is C1=[N+]2[C@@H](CC1)[C@H](OCc1ccccc1)[C@@H](OCc1ccccc1)[C@@H]2COCc1ccccc1. The zero-order valence-electron chi connectivity index (χ0n) is 19.0. The van der Waals surface area contributed by atoms with E-state index in [0.717, 1.165) is 12.8 Å². The summed E-state index contributed by atoms with van der Waals surface area (Å²) in [4.78, 5) is 0. The highest BCUT2D eigenvalue weighted by atomic mass is 16.5. The second-order valence-corrected chi connectivity index (χ2v) is 8.86. The number of ether oxygens (including phenoxy) is 3. The van der Waals surface area contributed by atoms with Gasteiger partial charge in [0.15, 0.2) is 18.2 Å². The van der Waals surface area contributed by atoms with E-state index in [0.29, 0.717) is 32.5 Å². The molecular weight excluding hydrogens is 410 g/mol. The summed E-state index contributed by atoms with van der Waals surface area (Å²) in [6.07, 6.45) is 4.46. The van der Waals surface area contributed by atoms with E-state index in [2.05, 4.69) is 83.6 Å². The lowest BCUT2D eigenvalue weighted by atomic mass is 10.0. The smallest absolute Gasteiger partial charge is 0.204 e. The number of nitrogens with zero attached hydrogens (tertiary/aromatic N) is 1. The minimum Gasteiger partial charge on any atom is -0.370 e. The predicted molar refractivity (Wildman–Crippen MR) is 129 cm³/mol. The second-order valence-electron chi connectivity index (χ2n) is 8.86. The molecule has 0 aliphatic carbocycles. The Morgan fingerprint density at radius 2 is 1.15 bits per heavy atom. The number of fused-ring (bicyclic) bond motifs is 1. The largest absolute Gasteiger partial charge is 0.370 e. The van der Waals surface area contributed by atoms with Gasteiger partial charge in [-0.15, -0.1) is 0 Å². The molecule has 1 saturated heterocycles. The molecule has 2 aliphatic rings. The maximum absolute atomic E-state index is 6.58. The summed E-state index contributed by atoms with van der Waals surface area (Å²) in [5, 5.41) is 0. The van der Waals surface area contributed by atoms with Gasteiger partial charge in [-0.05, 0) is 16.7 Å². The Morgan fingerprint density at radius 3 is 1.73 bits per heavy atom. The van der Waals surface area contributed by atoms with Gasteiger partial charge in [0, 0.05) is 12.8 Å². The molecular formula is C29H32NO3+. The predicted octanol–water partition coefficient (Wildman–Crippen LogP) is 5.00. The maximum atomic E-state index is 6.58. The summed E-state index contributed by atoms with van der Waals surface area (Å²) in [6.45, 7) is 2.40. The van der Waals surface area contributed by atoms with Crippen LogP contribution in [-0.4, -0.2) is 41.7 Å². The number of hydrogen-bond donors (Lipinski definition) is 0. The lowest BCUT2D eigenvalue weighted by Gasteiger charge is -2.22. The van der Waals surface area contributed by atoms with Gasteiger partial charge in [-0.3, -0.25) is 0 Å². The van der Waals surface area contributed by atoms with Crippen molar-refractivity contribution in [2.45, 2.75) is 57.0 Å². The summed E-state index contributed by atoms with van der Waals surface area (Å²) < 4.78 is 21.8. The van der Waals surface area contributed by atoms with E-state index in [1.165, 1.54) is 16.7 Å². The normalized spacial score (nSPS) is 23.9. The molecule has 33 heavy (non-hydrogen) atoms. The van der Waals surface area contributed by atoms with Gasteiger partial charge in [0.05, 0.1) is 19.8 Å². The standard InChI is InChI=1S/C29H32NO3/c1-4-11-23(12-5-1)19-31-22-27-29(33-21-25-15-8-3-9-16-25)28(26-17-10-18-30(26)27)32-20-24-13-6-2-7-14-24/h1-9,11-16,18,26-29H,10,17,19-22H2/q+1/t26-,27-,28-,29-/m0/s1. The van der Waals surface area contributed by atoms with Gasteiger partial charge in [0.25, 0.3) is 0 Å². The van der Waals surface area contributed by atoms with Crippen molar-refractivity contribution in [3.63, 3.8) is 0 Å². The third kappa shape index (κ3) is 5.41. The summed E-state index contributed by atoms with van der Waals surface area (Å²) in [7, 11) is 0. The van der Waals surface area contributed by atoms with Crippen LogP contribution in [-0.2, 0) is 34.0 Å². The first kappa shape index (κ1) is 22.0. The molecule has 0 bridgehead atoms. The molecule has 3 aromatic rings. The van der Waals surface area contributed by atoms with Crippen molar-refractivity contribution < 1.29 is 18.8 Å². The van der Waals surface area contributed by atoms with E-state index in [4.69, 9.17) is 14.2 Å². The van der Waals surface area contributed by atoms with E-state index < -0.39 is 0 Å². The van der Waals surface area contributed by atoms with Crippen LogP contribution in [0.2, 0.25) is 0 Å². The van der Waals surface area contributed by atoms with Crippen LogP contribution >= 0.6 is 0 Å². The second kappa shape index (κ2) is 10.9. The molecule has 5 rings (SSSR count). The molecule has 170 valence electrons. The number of rotatable bonds is 10. The first-order chi connectivity index (χ1) is 16.4. The van der Waals surface area contributed by atoms with Crippen LogP contribution in [0.4, 0.5) is 0 Å². The Hall–Kier alpha value is -2.79. The summed E-state index contributed by atoms with van der Waals surface area (Å²) >= 11 is 0. The van der Waals surface area contributed by atoms with Gasteiger partial charge < -0.3 is 14.2 Å². The maximum Gasteiger partial charge on any atom is 0.204 e. The van der Waals surface area contributed by atoms with E-state index in [1.54, 1.807) is 0 Å². The first-order valence-corrected chi connectivity index (χ1v) is 11.9. The van der Waals surface area contributed by atoms with Crippen molar-refractivity contribution in [3.05, 3.63) is 108 Å². The molecule has 0 saturated carbocycles. The molecule has 0 aromatic heterocycles. The lowest BCUT2D eigenvalue weighted by molar-refractivity contribution is -0.578. The van der Waals surface area contributed by atoms with Crippen molar-refractivity contribution >= 4 is 6.21 Å². The Labute approximate surface area is 196 Å². The number of hydrogen-bond acceptors (Lipinski definition) is 3. The molecule has 0 unspecified atom stereocenters. The monoisotopic (exact) mass is 442 g/mol. The quantitative estimate of drug-likeness (QED) is 0.414. The van der Waals surface area contributed by atoms with Crippen LogP contribution in [0.1, 0.15) is 29.5 Å². The first-order valence-electron chi connectivity index (χ1n) is 11.9. The van der Waals surface area contributed by atoms with Gasteiger partial charge in [-0.1, -0.05) is 91.0 Å². The topological polar surface area (TPSA) is 30.7 Å². The summed E-state index contributed by atoms with van der Waals surface area (Å²) in [5.41, 5.74) is 3.56. The average Bonchev–Trinajstić information content (AvgIpc) is 3.45. The zero-order chi connectivity index (χ0) is 22.3. The molecule has 2 aliphatic heterocycles. The molecule has 3 aromatic carbocycles.